The van der Waals surface area contributed by atoms with Crippen LogP contribution in [0.2, 0.25) is 0 Å². The van der Waals surface area contributed by atoms with Crippen molar-refractivity contribution in [2.45, 2.75) is 39.5 Å². The van der Waals surface area contributed by atoms with Crippen LogP contribution >= 0.6 is 0 Å². The Hall–Kier alpha value is -7.68. The van der Waals surface area contributed by atoms with E-state index in [4.69, 9.17) is 0 Å². The molecule has 1 aromatic heterocycles. The Morgan fingerprint density at radius 3 is 1.86 bits per heavy atom. The van der Waals surface area contributed by atoms with Gasteiger partial charge in [-0.05, 0) is 106 Å². The van der Waals surface area contributed by atoms with Crippen LogP contribution in [0.1, 0.15) is 44.2 Å². The van der Waals surface area contributed by atoms with Crippen molar-refractivity contribution in [3.8, 4) is 39.1 Å². The van der Waals surface area contributed by atoms with E-state index in [0.29, 0.717) is 0 Å². The standard InChI is InChI=1S/C63H56N2/c1-5-8-25-47(6-2)53(39-38-46(4)49-26-14-9-15-27-49)45-64(55-32-20-12-21-33-55)61-41-40-52(42-48(61)7-3)57-36-24-37-58-60-44-54(50-28-16-10-17-29-50)43-59(51-30-18-11-19-31-51)63(60)65(62(57)58)56-34-22-13-23-35-56/h6,9-24,26-45,47H,2,4-5,7-8,25H2,1,3H3/b39-38-,53-45-. The predicted octanol–water partition coefficient (Wildman–Crippen LogP) is 17.6. The van der Waals surface area contributed by atoms with Crippen molar-refractivity contribution < 1.29 is 0 Å². The van der Waals surface area contributed by atoms with E-state index in [1.54, 1.807) is 0 Å². The summed E-state index contributed by atoms with van der Waals surface area (Å²) in [6.07, 6.45) is 13.0. The monoisotopic (exact) mass is 840 g/mol. The first-order chi connectivity index (χ1) is 32.1. The van der Waals surface area contributed by atoms with E-state index >= 15 is 0 Å². The van der Waals surface area contributed by atoms with Gasteiger partial charge in [0.15, 0.2) is 0 Å². The Balaban J connectivity index is 1.25. The van der Waals surface area contributed by atoms with E-state index in [2.05, 4.69) is 255 Å². The van der Waals surface area contributed by atoms with Gasteiger partial charge in [-0.1, -0.05) is 203 Å². The molecule has 9 aromatic rings. The summed E-state index contributed by atoms with van der Waals surface area (Å²) < 4.78 is 2.50. The molecule has 0 fully saturated rings. The average Bonchev–Trinajstić information content (AvgIpc) is 3.72. The second-order valence-electron chi connectivity index (χ2n) is 16.8. The van der Waals surface area contributed by atoms with Gasteiger partial charge in [0.1, 0.15) is 0 Å². The lowest BCUT2D eigenvalue weighted by atomic mass is 9.92. The van der Waals surface area contributed by atoms with Crippen LogP contribution in [-0.4, -0.2) is 4.57 Å². The number of fused-ring (bicyclic) bond motifs is 3. The Morgan fingerprint density at radius 2 is 1.20 bits per heavy atom. The molecule has 0 aliphatic heterocycles. The molecule has 1 heterocycles. The highest BCUT2D eigenvalue weighted by molar-refractivity contribution is 6.18. The number of hydrogen-bond acceptors (Lipinski definition) is 1. The lowest BCUT2D eigenvalue weighted by Gasteiger charge is -2.27. The molecular weight excluding hydrogens is 785 g/mol. The van der Waals surface area contributed by atoms with Crippen LogP contribution in [0.3, 0.4) is 0 Å². The highest BCUT2D eigenvalue weighted by atomic mass is 15.1. The first-order valence-electron chi connectivity index (χ1n) is 23.1. The number of allylic oxidation sites excluding steroid dienone is 5. The number of para-hydroxylation sites is 3. The SMILES string of the molecule is C=CC(CCCC)C(/C=C\C(=C)c1ccccc1)=C\N(c1ccccc1)c1ccc(-c2cccc3c4cc(-c5ccccc5)cc(-c5ccccc5)c4n(-c4ccccc4)c23)cc1CC. The molecule has 8 aromatic carbocycles. The zero-order valence-electron chi connectivity index (χ0n) is 37.6. The number of unbranched alkanes of at least 4 members (excludes halogenated alkanes) is 1. The summed E-state index contributed by atoms with van der Waals surface area (Å²) >= 11 is 0. The largest absolute Gasteiger partial charge is 0.317 e. The van der Waals surface area contributed by atoms with Crippen molar-refractivity contribution in [2.24, 2.45) is 5.92 Å². The van der Waals surface area contributed by atoms with Gasteiger partial charge in [-0.2, -0.15) is 0 Å². The lowest BCUT2D eigenvalue weighted by molar-refractivity contribution is 0.626. The van der Waals surface area contributed by atoms with Gasteiger partial charge in [-0.3, -0.25) is 0 Å². The fourth-order valence-corrected chi connectivity index (χ4v) is 9.24. The molecule has 2 nitrogen and oxygen atoms in total. The molecule has 1 atom stereocenters. The summed E-state index contributed by atoms with van der Waals surface area (Å²) in [7, 11) is 0. The summed E-state index contributed by atoms with van der Waals surface area (Å²) in [5, 5.41) is 2.46. The normalized spacial score (nSPS) is 12.2. The van der Waals surface area contributed by atoms with Crippen LogP contribution in [0, 0.1) is 5.92 Å². The molecule has 0 bridgehead atoms. The summed E-state index contributed by atoms with van der Waals surface area (Å²) in [4.78, 5) is 2.38. The van der Waals surface area contributed by atoms with Gasteiger partial charge in [0.05, 0.1) is 11.0 Å². The molecular formula is C63H56N2. The second kappa shape index (κ2) is 19.8. The maximum atomic E-state index is 4.45. The van der Waals surface area contributed by atoms with Gasteiger partial charge in [-0.15, -0.1) is 6.58 Å². The predicted molar refractivity (Wildman–Crippen MR) is 281 cm³/mol. The number of rotatable bonds is 16. The molecule has 0 amide bonds. The minimum atomic E-state index is 0.172. The molecule has 0 aliphatic rings. The molecule has 0 saturated carbocycles. The van der Waals surface area contributed by atoms with Crippen LogP contribution in [0.25, 0.3) is 66.4 Å². The smallest absolute Gasteiger partial charge is 0.0620 e. The highest BCUT2D eigenvalue weighted by Crippen LogP contribution is 2.45. The lowest BCUT2D eigenvalue weighted by Crippen LogP contribution is -2.14. The highest BCUT2D eigenvalue weighted by Gasteiger charge is 2.22. The molecule has 0 saturated heterocycles. The van der Waals surface area contributed by atoms with Crippen molar-refractivity contribution >= 4 is 38.8 Å². The number of nitrogens with zero attached hydrogens (tertiary/aromatic N) is 2. The zero-order chi connectivity index (χ0) is 44.5. The molecule has 65 heavy (non-hydrogen) atoms. The van der Waals surface area contributed by atoms with Gasteiger partial charge < -0.3 is 9.47 Å². The average molecular weight is 841 g/mol. The quantitative estimate of drug-likeness (QED) is 0.0695. The van der Waals surface area contributed by atoms with E-state index in [-0.39, 0.29) is 5.92 Å². The summed E-state index contributed by atoms with van der Waals surface area (Å²) in [5.41, 5.74) is 17.5. The minimum absolute atomic E-state index is 0.172. The maximum absolute atomic E-state index is 4.45. The van der Waals surface area contributed by atoms with E-state index < -0.39 is 0 Å². The molecule has 0 spiro atoms. The van der Waals surface area contributed by atoms with Gasteiger partial charge in [0.25, 0.3) is 0 Å². The van der Waals surface area contributed by atoms with E-state index in [0.717, 1.165) is 53.9 Å². The van der Waals surface area contributed by atoms with Gasteiger partial charge in [-0.25, -0.2) is 0 Å². The van der Waals surface area contributed by atoms with Crippen molar-refractivity contribution in [3.63, 3.8) is 0 Å². The second-order valence-corrected chi connectivity index (χ2v) is 16.8. The fourth-order valence-electron chi connectivity index (χ4n) is 9.24. The number of benzene rings is 8. The summed E-state index contributed by atoms with van der Waals surface area (Å²) in [6, 6.07) is 72.3. The first kappa shape index (κ1) is 42.6. The Kier molecular flexibility index (Phi) is 13.0. The van der Waals surface area contributed by atoms with Gasteiger partial charge in [0, 0.05) is 51.1 Å². The Bertz CT molecular complexity index is 3120. The minimum Gasteiger partial charge on any atom is -0.317 e. The molecule has 0 N–H and O–H groups in total. The third-order valence-electron chi connectivity index (χ3n) is 12.6. The third-order valence-corrected chi connectivity index (χ3v) is 12.6. The molecule has 0 radical (unpaired) electrons. The fraction of sp³-hybridized carbons (Fsp3) is 0.111. The molecule has 9 rings (SSSR count). The molecule has 2 heteroatoms. The molecule has 1 unspecified atom stereocenters. The number of hydrogen-bond donors (Lipinski definition) is 0. The Morgan fingerprint density at radius 1 is 0.569 bits per heavy atom. The topological polar surface area (TPSA) is 8.17 Å². The van der Waals surface area contributed by atoms with Crippen LogP contribution in [-0.2, 0) is 6.42 Å². The summed E-state index contributed by atoms with van der Waals surface area (Å²) in [5.74, 6) is 0.172. The van der Waals surface area contributed by atoms with E-state index in [1.165, 1.54) is 66.3 Å². The molecule has 0 aliphatic carbocycles. The van der Waals surface area contributed by atoms with E-state index in [9.17, 15) is 0 Å². The zero-order valence-corrected chi connectivity index (χ0v) is 37.6. The Labute approximate surface area is 385 Å². The van der Waals surface area contributed by atoms with Crippen LogP contribution in [0.4, 0.5) is 11.4 Å². The first-order valence-corrected chi connectivity index (χ1v) is 23.1. The van der Waals surface area contributed by atoms with E-state index in [1.807, 2.05) is 6.07 Å². The van der Waals surface area contributed by atoms with Crippen LogP contribution in [0.5, 0.6) is 0 Å². The van der Waals surface area contributed by atoms with Crippen LogP contribution < -0.4 is 4.90 Å². The number of aryl methyl sites for hydroxylation is 1. The van der Waals surface area contributed by atoms with Gasteiger partial charge in [0.2, 0.25) is 0 Å². The number of aromatic nitrogens is 1. The number of anilines is 2. The summed E-state index contributed by atoms with van der Waals surface area (Å²) in [6.45, 7) is 13.3. The van der Waals surface area contributed by atoms with Crippen molar-refractivity contribution in [3.05, 3.63) is 254 Å². The van der Waals surface area contributed by atoms with Crippen molar-refractivity contribution in [2.75, 3.05) is 4.90 Å². The van der Waals surface area contributed by atoms with Crippen LogP contribution in [0.15, 0.2) is 243 Å². The third kappa shape index (κ3) is 8.94. The van der Waals surface area contributed by atoms with Crippen molar-refractivity contribution in [1.29, 1.82) is 0 Å². The van der Waals surface area contributed by atoms with Gasteiger partial charge >= 0.3 is 0 Å². The molecule has 318 valence electrons. The maximum Gasteiger partial charge on any atom is 0.0620 e. The van der Waals surface area contributed by atoms with Crippen molar-refractivity contribution in [1.82, 2.24) is 4.57 Å².